The third kappa shape index (κ3) is 2.70. The predicted octanol–water partition coefficient (Wildman–Crippen LogP) is 6.19. The van der Waals surface area contributed by atoms with Gasteiger partial charge in [0.25, 0.3) is 0 Å². The first-order valence-electron chi connectivity index (χ1n) is 8.90. The Morgan fingerprint density at radius 3 is 2.36 bits per heavy atom. The average molecular weight is 325 g/mol. The largest absolute Gasteiger partial charge is 0.256 e. The van der Waals surface area contributed by atoms with Gasteiger partial charge in [0, 0.05) is 17.2 Å². The van der Waals surface area contributed by atoms with Crippen molar-refractivity contribution >= 4 is 0 Å². The second-order valence-electron chi connectivity index (χ2n) is 7.27. The molecule has 0 spiro atoms. The minimum Gasteiger partial charge on any atom is -0.256 e. The van der Waals surface area contributed by atoms with Crippen LogP contribution in [0.3, 0.4) is 0 Å². The lowest BCUT2D eigenvalue weighted by atomic mass is 9.64. The minimum atomic E-state index is 0.0954. The van der Waals surface area contributed by atoms with E-state index in [0.717, 1.165) is 5.69 Å². The van der Waals surface area contributed by atoms with E-state index >= 15 is 0 Å². The van der Waals surface area contributed by atoms with Gasteiger partial charge in [0.1, 0.15) is 0 Å². The van der Waals surface area contributed by atoms with Gasteiger partial charge in [-0.25, -0.2) is 0 Å². The summed E-state index contributed by atoms with van der Waals surface area (Å²) >= 11 is 0. The molecule has 0 fully saturated rings. The van der Waals surface area contributed by atoms with Crippen LogP contribution in [0.25, 0.3) is 22.4 Å². The molecule has 1 heteroatoms. The molecule has 1 nitrogen and oxygen atoms in total. The molecule has 1 heterocycles. The molecule has 2 atom stereocenters. The van der Waals surface area contributed by atoms with Gasteiger partial charge >= 0.3 is 0 Å². The maximum absolute atomic E-state index is 4.69. The van der Waals surface area contributed by atoms with E-state index in [2.05, 4.69) is 98.6 Å². The number of allylic oxidation sites excluding steroid dienone is 2. The predicted molar refractivity (Wildman–Crippen MR) is 106 cm³/mol. The normalized spacial score (nSPS) is 21.8. The Kier molecular flexibility index (Phi) is 3.80. The van der Waals surface area contributed by atoms with Crippen molar-refractivity contribution in [3.8, 4) is 22.4 Å². The van der Waals surface area contributed by atoms with Gasteiger partial charge in [0.15, 0.2) is 0 Å². The Bertz CT molecular complexity index is 936. The van der Waals surface area contributed by atoms with Crippen molar-refractivity contribution in [2.24, 2.45) is 5.92 Å². The van der Waals surface area contributed by atoms with Crippen LogP contribution in [0.5, 0.6) is 0 Å². The maximum atomic E-state index is 4.69. The molecule has 4 rings (SSSR count). The van der Waals surface area contributed by atoms with Crippen molar-refractivity contribution in [2.75, 3.05) is 0 Å². The molecule has 25 heavy (non-hydrogen) atoms. The van der Waals surface area contributed by atoms with Crippen molar-refractivity contribution in [3.05, 3.63) is 90.1 Å². The zero-order valence-electron chi connectivity index (χ0n) is 15.0. The molecule has 1 aromatic heterocycles. The summed E-state index contributed by atoms with van der Waals surface area (Å²) in [6, 6.07) is 21.6. The van der Waals surface area contributed by atoms with Crippen molar-refractivity contribution in [1.82, 2.24) is 4.98 Å². The second-order valence-corrected chi connectivity index (χ2v) is 7.27. The average Bonchev–Trinajstić information content (AvgIpc) is 2.67. The molecule has 124 valence electrons. The lowest BCUT2D eigenvalue weighted by Gasteiger charge is -2.40. The van der Waals surface area contributed by atoms with Gasteiger partial charge in [-0.3, -0.25) is 4.98 Å². The molecule has 0 bridgehead atoms. The Labute approximate surface area is 150 Å². The number of rotatable bonds is 3. The summed E-state index contributed by atoms with van der Waals surface area (Å²) in [6.45, 7) is 6.72. The molecule has 1 aliphatic rings. The third-order valence-electron chi connectivity index (χ3n) is 5.61. The molecule has 0 N–H and O–H groups in total. The number of nitrogens with zero attached hydrogens (tertiary/aromatic N) is 1. The first-order valence-corrected chi connectivity index (χ1v) is 8.90. The zero-order valence-corrected chi connectivity index (χ0v) is 15.0. The highest BCUT2D eigenvalue weighted by molar-refractivity contribution is 5.73. The molecule has 2 aromatic carbocycles. The van der Waals surface area contributed by atoms with Crippen LogP contribution in [0.4, 0.5) is 0 Å². The first kappa shape index (κ1) is 15.8. The standard InChI is InChI=1S/C24H23N/c1-17-8-10-19(11-9-17)20-13-15-25-23(16-20)21-6-4-5-7-22(21)24(3)14-12-18(24)2/h4-16,18H,1-3H3. The number of benzene rings is 2. The quantitative estimate of drug-likeness (QED) is 0.523. The molecule has 0 saturated heterocycles. The number of aromatic nitrogens is 1. The highest BCUT2D eigenvalue weighted by atomic mass is 14.7. The van der Waals surface area contributed by atoms with Gasteiger partial charge < -0.3 is 0 Å². The Morgan fingerprint density at radius 1 is 0.920 bits per heavy atom. The summed E-state index contributed by atoms with van der Waals surface area (Å²) in [5, 5.41) is 0. The van der Waals surface area contributed by atoms with Crippen LogP contribution >= 0.6 is 0 Å². The lowest BCUT2D eigenvalue weighted by Crippen LogP contribution is -2.34. The summed E-state index contributed by atoms with van der Waals surface area (Å²) in [7, 11) is 0. The minimum absolute atomic E-state index is 0.0954. The number of pyridine rings is 1. The summed E-state index contributed by atoms with van der Waals surface area (Å²) < 4.78 is 0. The molecular weight excluding hydrogens is 302 g/mol. The van der Waals surface area contributed by atoms with Gasteiger partial charge in [-0.05, 0) is 41.7 Å². The van der Waals surface area contributed by atoms with Crippen molar-refractivity contribution in [1.29, 1.82) is 0 Å². The van der Waals surface area contributed by atoms with Gasteiger partial charge in [-0.2, -0.15) is 0 Å². The van der Waals surface area contributed by atoms with Crippen molar-refractivity contribution in [2.45, 2.75) is 26.2 Å². The van der Waals surface area contributed by atoms with Gasteiger partial charge in [-0.15, -0.1) is 0 Å². The van der Waals surface area contributed by atoms with Crippen LogP contribution < -0.4 is 0 Å². The van der Waals surface area contributed by atoms with Crippen LogP contribution in [0.1, 0.15) is 25.0 Å². The van der Waals surface area contributed by atoms with Gasteiger partial charge in [0.2, 0.25) is 0 Å². The van der Waals surface area contributed by atoms with Crippen molar-refractivity contribution in [3.63, 3.8) is 0 Å². The SMILES string of the molecule is Cc1ccc(-c2ccnc(-c3ccccc3C3(C)C=CC3C)c2)cc1. The fourth-order valence-electron chi connectivity index (χ4n) is 3.59. The Balaban J connectivity index is 1.80. The van der Waals surface area contributed by atoms with Crippen LogP contribution in [-0.2, 0) is 5.41 Å². The fourth-order valence-corrected chi connectivity index (χ4v) is 3.59. The highest BCUT2D eigenvalue weighted by Crippen LogP contribution is 2.45. The molecule has 3 aromatic rings. The van der Waals surface area contributed by atoms with E-state index in [1.807, 2.05) is 6.20 Å². The maximum Gasteiger partial charge on any atom is 0.0711 e. The Morgan fingerprint density at radius 2 is 1.68 bits per heavy atom. The summed E-state index contributed by atoms with van der Waals surface area (Å²) in [5.41, 5.74) is 7.45. The van der Waals surface area contributed by atoms with Crippen LogP contribution in [0, 0.1) is 12.8 Å². The van der Waals surface area contributed by atoms with E-state index in [0.29, 0.717) is 5.92 Å². The third-order valence-corrected chi connectivity index (χ3v) is 5.61. The molecule has 0 radical (unpaired) electrons. The summed E-state index contributed by atoms with van der Waals surface area (Å²) in [4.78, 5) is 4.69. The smallest absolute Gasteiger partial charge is 0.0711 e. The molecule has 0 aliphatic heterocycles. The van der Waals surface area contributed by atoms with Crippen LogP contribution in [0.2, 0.25) is 0 Å². The van der Waals surface area contributed by atoms with Gasteiger partial charge in [0.05, 0.1) is 5.69 Å². The molecular formula is C24H23N. The fraction of sp³-hybridized carbons (Fsp3) is 0.208. The van der Waals surface area contributed by atoms with E-state index in [-0.39, 0.29) is 5.41 Å². The molecule has 1 aliphatic carbocycles. The second kappa shape index (κ2) is 6.00. The highest BCUT2D eigenvalue weighted by Gasteiger charge is 2.37. The zero-order chi connectivity index (χ0) is 17.4. The number of aryl methyl sites for hydroxylation is 1. The van der Waals surface area contributed by atoms with Crippen molar-refractivity contribution < 1.29 is 0 Å². The molecule has 0 saturated carbocycles. The van der Waals surface area contributed by atoms with Crippen LogP contribution in [0.15, 0.2) is 79.0 Å². The number of hydrogen-bond acceptors (Lipinski definition) is 1. The summed E-state index contributed by atoms with van der Waals surface area (Å²) in [5.74, 6) is 0.550. The molecule has 0 amide bonds. The first-order chi connectivity index (χ1) is 12.1. The van der Waals surface area contributed by atoms with Crippen LogP contribution in [-0.4, -0.2) is 4.98 Å². The summed E-state index contributed by atoms with van der Waals surface area (Å²) in [6.07, 6.45) is 6.52. The van der Waals surface area contributed by atoms with E-state index < -0.39 is 0 Å². The lowest BCUT2D eigenvalue weighted by molar-refractivity contribution is 0.412. The Hall–Kier alpha value is -2.67. The van der Waals surface area contributed by atoms with E-state index in [9.17, 15) is 0 Å². The molecule has 2 unspecified atom stereocenters. The monoisotopic (exact) mass is 325 g/mol. The van der Waals surface area contributed by atoms with Gasteiger partial charge in [-0.1, -0.05) is 80.1 Å². The van der Waals surface area contributed by atoms with E-state index in [1.165, 1.54) is 27.8 Å². The topological polar surface area (TPSA) is 12.9 Å². The number of hydrogen-bond donors (Lipinski definition) is 0. The van der Waals surface area contributed by atoms with E-state index in [1.54, 1.807) is 0 Å². The van der Waals surface area contributed by atoms with E-state index in [4.69, 9.17) is 0 Å².